The van der Waals surface area contributed by atoms with Crippen molar-refractivity contribution < 1.29 is 23.9 Å². The van der Waals surface area contributed by atoms with E-state index in [1.807, 2.05) is 12.1 Å². The van der Waals surface area contributed by atoms with E-state index in [-0.39, 0.29) is 24.1 Å². The van der Waals surface area contributed by atoms with Crippen LogP contribution in [0.15, 0.2) is 34.8 Å². The van der Waals surface area contributed by atoms with Crippen molar-refractivity contribution in [2.24, 2.45) is 0 Å². The first-order valence-corrected chi connectivity index (χ1v) is 15.5. The molecule has 0 radical (unpaired) electrons. The maximum absolute atomic E-state index is 13.2. The number of carbonyl (C=O) groups excluding carboxylic acids is 4. The lowest BCUT2D eigenvalue weighted by Crippen LogP contribution is -2.58. The molecule has 6 heterocycles. The Hall–Kier alpha value is -3.63. The molecule has 0 bridgehead atoms. The van der Waals surface area contributed by atoms with E-state index >= 15 is 0 Å². The van der Waals surface area contributed by atoms with Gasteiger partial charge in [0.2, 0.25) is 11.1 Å². The van der Waals surface area contributed by atoms with E-state index in [4.69, 9.17) is 14.7 Å². The fourth-order valence-corrected chi connectivity index (χ4v) is 7.23. The minimum atomic E-state index is -0.769. The summed E-state index contributed by atoms with van der Waals surface area (Å²) in [6.45, 7) is 6.93. The number of hydrogen-bond donors (Lipinski definition) is 1. The lowest BCUT2D eigenvalue weighted by Gasteiger charge is -2.35. The summed E-state index contributed by atoms with van der Waals surface area (Å²) in [6, 6.07) is 6.52. The summed E-state index contributed by atoms with van der Waals surface area (Å²) < 4.78 is 8.80. The van der Waals surface area contributed by atoms with Crippen LogP contribution in [0.5, 0.6) is 0 Å². The SMILES string of the molecule is O=C1CCN(N2C(=O)c3ccc(CN4CCN(c5nc(SN6CCOCC6)nc6ccsc56)CC4)cc3C2=O)C(=O)N1. The Morgan fingerprint density at radius 3 is 2.48 bits per heavy atom. The van der Waals surface area contributed by atoms with Crippen LogP contribution in [0.2, 0.25) is 0 Å². The Morgan fingerprint density at radius 1 is 0.905 bits per heavy atom. The number of hydrogen-bond acceptors (Lipinski definition) is 12. The summed E-state index contributed by atoms with van der Waals surface area (Å²) in [6.07, 6.45) is 0.0252. The van der Waals surface area contributed by atoms with Gasteiger partial charge in [0.15, 0.2) is 5.82 Å². The summed E-state index contributed by atoms with van der Waals surface area (Å²) in [5.74, 6) is -0.575. The Bertz CT molecular complexity index is 1580. The third-order valence-electron chi connectivity index (χ3n) is 7.73. The molecule has 5 amide bonds. The van der Waals surface area contributed by atoms with Crippen LogP contribution in [0, 0.1) is 0 Å². The van der Waals surface area contributed by atoms with Gasteiger partial charge in [0.25, 0.3) is 11.8 Å². The molecule has 13 nitrogen and oxygen atoms in total. The molecule has 4 aliphatic heterocycles. The van der Waals surface area contributed by atoms with Crippen LogP contribution in [0.3, 0.4) is 0 Å². The number of aromatic nitrogens is 2. The number of hydrazine groups is 1. The van der Waals surface area contributed by atoms with E-state index in [0.29, 0.717) is 19.8 Å². The van der Waals surface area contributed by atoms with Crippen LogP contribution in [-0.2, 0) is 16.1 Å². The van der Waals surface area contributed by atoms with Crippen molar-refractivity contribution >= 4 is 63.1 Å². The van der Waals surface area contributed by atoms with E-state index in [9.17, 15) is 19.2 Å². The van der Waals surface area contributed by atoms with Gasteiger partial charge in [-0.25, -0.2) is 24.1 Å². The van der Waals surface area contributed by atoms with Crippen molar-refractivity contribution in [3.05, 3.63) is 46.3 Å². The monoisotopic (exact) mass is 608 g/mol. The van der Waals surface area contributed by atoms with E-state index < -0.39 is 23.8 Å². The molecule has 0 saturated carbocycles. The second kappa shape index (κ2) is 11.2. The van der Waals surface area contributed by atoms with E-state index in [1.165, 1.54) is 0 Å². The number of rotatable bonds is 6. The zero-order valence-corrected chi connectivity index (χ0v) is 24.3. The summed E-state index contributed by atoms with van der Waals surface area (Å²) in [5.41, 5.74) is 2.40. The highest BCUT2D eigenvalue weighted by Crippen LogP contribution is 2.33. The van der Waals surface area contributed by atoms with Crippen LogP contribution in [0.25, 0.3) is 10.2 Å². The summed E-state index contributed by atoms with van der Waals surface area (Å²) >= 11 is 3.24. The first-order valence-electron chi connectivity index (χ1n) is 13.8. The van der Waals surface area contributed by atoms with E-state index in [0.717, 1.165) is 76.0 Å². The molecule has 1 N–H and O–H groups in total. The predicted octanol–water partition coefficient (Wildman–Crippen LogP) is 1.81. The highest BCUT2D eigenvalue weighted by molar-refractivity contribution is 7.96. The number of fused-ring (bicyclic) bond motifs is 2. The maximum atomic E-state index is 13.2. The number of amides is 5. The quantitative estimate of drug-likeness (QED) is 0.250. The number of nitrogens with one attached hydrogen (secondary N) is 1. The van der Waals surface area contributed by atoms with Gasteiger partial charge in [-0.05, 0) is 41.1 Å². The highest BCUT2D eigenvalue weighted by atomic mass is 32.2. The number of benzene rings is 1. The first-order chi connectivity index (χ1) is 20.4. The fourth-order valence-electron chi connectivity index (χ4n) is 5.55. The summed E-state index contributed by atoms with van der Waals surface area (Å²) in [4.78, 5) is 64.3. The largest absolute Gasteiger partial charge is 0.379 e. The molecule has 0 aliphatic carbocycles. The van der Waals surface area contributed by atoms with E-state index in [2.05, 4.69) is 24.8 Å². The molecule has 218 valence electrons. The fraction of sp³-hybridized carbons (Fsp3) is 0.407. The van der Waals surface area contributed by atoms with Crippen LogP contribution >= 0.6 is 23.3 Å². The normalized spacial score (nSPS) is 20.5. The van der Waals surface area contributed by atoms with Gasteiger partial charge in [-0.2, -0.15) is 5.01 Å². The third kappa shape index (κ3) is 5.11. The number of nitrogens with zero attached hydrogens (tertiary/aromatic N) is 7. The third-order valence-corrected chi connectivity index (χ3v) is 9.60. The topological polar surface area (TPSA) is 132 Å². The number of ether oxygens (including phenoxy) is 1. The second-order valence-electron chi connectivity index (χ2n) is 10.4. The first kappa shape index (κ1) is 27.2. The van der Waals surface area contributed by atoms with Gasteiger partial charge in [0, 0.05) is 52.2 Å². The van der Waals surface area contributed by atoms with Gasteiger partial charge in [-0.15, -0.1) is 11.3 Å². The lowest BCUT2D eigenvalue weighted by molar-refractivity contribution is -0.122. The van der Waals surface area contributed by atoms with E-state index in [1.54, 1.807) is 35.4 Å². The maximum Gasteiger partial charge on any atom is 0.343 e. The zero-order valence-electron chi connectivity index (χ0n) is 22.7. The highest BCUT2D eigenvalue weighted by Gasteiger charge is 2.43. The molecule has 0 spiro atoms. The Balaban J connectivity index is 1.02. The molecule has 0 unspecified atom stereocenters. The number of piperazine rings is 1. The van der Waals surface area contributed by atoms with Crippen LogP contribution in [0.4, 0.5) is 10.6 Å². The molecule has 2 aromatic heterocycles. The molecule has 3 aromatic rings. The molecule has 3 saturated heterocycles. The lowest BCUT2D eigenvalue weighted by atomic mass is 10.1. The minimum Gasteiger partial charge on any atom is -0.379 e. The molecule has 7 rings (SSSR count). The van der Waals surface area contributed by atoms with Gasteiger partial charge in [0.05, 0.1) is 41.1 Å². The number of morpholine rings is 1. The van der Waals surface area contributed by atoms with Gasteiger partial charge < -0.3 is 9.64 Å². The van der Waals surface area contributed by atoms with Crippen LogP contribution in [0.1, 0.15) is 32.7 Å². The molecule has 0 atom stereocenters. The number of imide groups is 2. The summed E-state index contributed by atoms with van der Waals surface area (Å²) in [5, 5.41) is 6.82. The van der Waals surface area contributed by atoms with Crippen LogP contribution in [-0.4, -0.2) is 112 Å². The van der Waals surface area contributed by atoms with Gasteiger partial charge in [-0.1, -0.05) is 6.07 Å². The molecule has 4 aliphatic rings. The number of urea groups is 1. The predicted molar refractivity (Wildman–Crippen MR) is 155 cm³/mol. The van der Waals surface area contributed by atoms with Crippen molar-refractivity contribution in [2.45, 2.75) is 18.1 Å². The Morgan fingerprint density at radius 2 is 1.69 bits per heavy atom. The number of thiophene rings is 1. The molecule has 42 heavy (non-hydrogen) atoms. The molecular formula is C27H28N8O5S2. The smallest absolute Gasteiger partial charge is 0.343 e. The van der Waals surface area contributed by atoms with Gasteiger partial charge in [-0.3, -0.25) is 24.6 Å². The standard InChI is InChI=1S/C27H28N8O5S2/c36-21-3-5-34(27(39)29-21)35-24(37)18-2-1-17(15-19(18)25(35)38)16-31-6-8-32(9-7-31)23-22-20(4-14-41-22)28-26(30-23)42-33-10-12-40-13-11-33/h1-2,4,14-15H,3,5-13,16H2,(H,29,36,39). The van der Waals surface area contributed by atoms with Crippen molar-refractivity contribution in [1.82, 2.24) is 34.5 Å². The average molecular weight is 609 g/mol. The second-order valence-corrected chi connectivity index (χ2v) is 12.4. The molecule has 3 fully saturated rings. The van der Waals surface area contributed by atoms with Crippen molar-refractivity contribution in [3.8, 4) is 0 Å². The van der Waals surface area contributed by atoms with Crippen molar-refractivity contribution in [1.29, 1.82) is 0 Å². The molecular weight excluding hydrogens is 580 g/mol. The minimum absolute atomic E-state index is 0.0230. The van der Waals surface area contributed by atoms with Gasteiger partial charge in [0.1, 0.15) is 0 Å². The zero-order chi connectivity index (χ0) is 28.8. The Kier molecular flexibility index (Phi) is 7.27. The number of carbonyl (C=O) groups is 4. The average Bonchev–Trinajstić information content (AvgIpc) is 3.56. The van der Waals surface area contributed by atoms with Crippen LogP contribution < -0.4 is 10.2 Å². The van der Waals surface area contributed by atoms with Crippen molar-refractivity contribution in [3.63, 3.8) is 0 Å². The van der Waals surface area contributed by atoms with Crippen molar-refractivity contribution in [2.75, 3.05) is 63.9 Å². The number of anilines is 1. The Labute approximate surface area is 249 Å². The molecule has 1 aromatic carbocycles. The summed E-state index contributed by atoms with van der Waals surface area (Å²) in [7, 11) is 0. The molecule has 15 heteroatoms. The van der Waals surface area contributed by atoms with Gasteiger partial charge >= 0.3 is 6.03 Å².